The number of likely N-dealkylation sites (N-methyl/N-ethyl adjacent to an activating group) is 1. The molecule has 0 aliphatic rings. The van der Waals surface area contributed by atoms with Crippen LogP contribution in [-0.2, 0) is 6.42 Å². The van der Waals surface area contributed by atoms with E-state index in [0.717, 1.165) is 29.8 Å². The molecule has 0 atom stereocenters. The molecule has 4 heteroatoms. The van der Waals surface area contributed by atoms with Gasteiger partial charge in [-0.2, -0.15) is 0 Å². The van der Waals surface area contributed by atoms with Crippen LogP contribution < -0.4 is 5.73 Å². The van der Waals surface area contributed by atoms with Crippen LogP contribution in [0.4, 0.5) is 5.82 Å². The van der Waals surface area contributed by atoms with E-state index < -0.39 is 0 Å². The second-order valence-corrected chi connectivity index (χ2v) is 4.30. The highest BCUT2D eigenvalue weighted by atomic mass is 16.3. The van der Waals surface area contributed by atoms with Crippen LogP contribution in [-0.4, -0.2) is 30.5 Å². The maximum Gasteiger partial charge on any atom is 0.123 e. The number of furan rings is 1. The molecule has 0 aromatic carbocycles. The lowest BCUT2D eigenvalue weighted by Crippen LogP contribution is -2.16. The molecule has 0 saturated heterocycles. The summed E-state index contributed by atoms with van der Waals surface area (Å²) in [5, 5.41) is 0. The van der Waals surface area contributed by atoms with E-state index in [4.69, 9.17) is 10.2 Å². The van der Waals surface area contributed by atoms with Gasteiger partial charge in [0.05, 0.1) is 18.2 Å². The van der Waals surface area contributed by atoms with E-state index in [9.17, 15) is 0 Å². The van der Waals surface area contributed by atoms with Crippen molar-refractivity contribution in [3.63, 3.8) is 0 Å². The Morgan fingerprint density at radius 1 is 1.29 bits per heavy atom. The summed E-state index contributed by atoms with van der Waals surface area (Å²) >= 11 is 0. The Bertz CT molecular complexity index is 477. The third-order valence-corrected chi connectivity index (χ3v) is 2.62. The van der Waals surface area contributed by atoms with Crippen LogP contribution >= 0.6 is 0 Å². The van der Waals surface area contributed by atoms with Crippen molar-refractivity contribution in [2.45, 2.75) is 6.42 Å². The van der Waals surface area contributed by atoms with E-state index in [1.165, 1.54) is 0 Å². The number of rotatable bonds is 4. The van der Waals surface area contributed by atoms with Gasteiger partial charge in [-0.15, -0.1) is 0 Å². The molecule has 0 aliphatic heterocycles. The summed E-state index contributed by atoms with van der Waals surface area (Å²) in [5.74, 6) is 0.561. The predicted molar refractivity (Wildman–Crippen MR) is 68.6 cm³/mol. The van der Waals surface area contributed by atoms with Gasteiger partial charge >= 0.3 is 0 Å². The fourth-order valence-corrected chi connectivity index (χ4v) is 1.72. The Morgan fingerprint density at radius 2 is 2.12 bits per heavy atom. The molecule has 0 spiro atoms. The van der Waals surface area contributed by atoms with E-state index in [1.807, 2.05) is 32.3 Å². The summed E-state index contributed by atoms with van der Waals surface area (Å²) in [7, 11) is 4.09. The van der Waals surface area contributed by atoms with Crippen LogP contribution in [0.15, 0.2) is 35.1 Å². The zero-order chi connectivity index (χ0) is 12.3. The van der Waals surface area contributed by atoms with Crippen molar-refractivity contribution >= 4 is 5.82 Å². The molecule has 0 amide bonds. The topological polar surface area (TPSA) is 55.3 Å². The molecule has 0 unspecified atom stereocenters. The zero-order valence-electron chi connectivity index (χ0n) is 10.2. The van der Waals surface area contributed by atoms with Crippen LogP contribution in [0.3, 0.4) is 0 Å². The van der Waals surface area contributed by atoms with Crippen LogP contribution in [0.25, 0.3) is 11.1 Å². The Labute approximate surface area is 101 Å². The summed E-state index contributed by atoms with van der Waals surface area (Å²) in [6.07, 6.45) is 4.27. The average Bonchev–Trinajstić information content (AvgIpc) is 2.80. The molecule has 2 heterocycles. The highest BCUT2D eigenvalue weighted by molar-refractivity contribution is 5.66. The first-order valence-corrected chi connectivity index (χ1v) is 5.59. The van der Waals surface area contributed by atoms with Gasteiger partial charge in [0.25, 0.3) is 0 Å². The molecule has 0 fully saturated rings. The number of nitrogen functional groups attached to an aromatic ring is 1. The van der Waals surface area contributed by atoms with Gasteiger partial charge in [0.15, 0.2) is 0 Å². The number of nitrogens with two attached hydrogens (primary N) is 1. The van der Waals surface area contributed by atoms with Gasteiger partial charge < -0.3 is 15.1 Å². The molecule has 2 aromatic heterocycles. The van der Waals surface area contributed by atoms with Gasteiger partial charge in [0, 0.05) is 24.1 Å². The Morgan fingerprint density at radius 3 is 2.76 bits per heavy atom. The van der Waals surface area contributed by atoms with Crippen molar-refractivity contribution in [3.8, 4) is 11.1 Å². The molecular formula is C13H17N3O. The normalized spacial score (nSPS) is 11.0. The number of anilines is 1. The molecule has 0 saturated carbocycles. The quantitative estimate of drug-likeness (QED) is 0.874. The Hall–Kier alpha value is -1.81. The molecule has 4 nitrogen and oxygen atoms in total. The lowest BCUT2D eigenvalue weighted by atomic mass is 10.1. The number of hydrogen-bond donors (Lipinski definition) is 1. The van der Waals surface area contributed by atoms with Crippen LogP contribution in [0, 0.1) is 0 Å². The SMILES string of the molecule is CN(C)CCc1nc(N)ccc1-c1ccoc1. The Kier molecular flexibility index (Phi) is 3.44. The van der Waals surface area contributed by atoms with Gasteiger partial charge in [0.2, 0.25) is 0 Å². The van der Waals surface area contributed by atoms with E-state index >= 15 is 0 Å². The van der Waals surface area contributed by atoms with E-state index in [-0.39, 0.29) is 0 Å². The fraction of sp³-hybridized carbons (Fsp3) is 0.308. The molecular weight excluding hydrogens is 214 g/mol. The number of hydrogen-bond acceptors (Lipinski definition) is 4. The standard InChI is InChI=1S/C13H17N3O/c1-16(2)7-5-12-11(3-4-13(14)15-12)10-6-8-17-9-10/h3-4,6,8-9H,5,7H2,1-2H3,(H2,14,15). The number of aromatic nitrogens is 1. The minimum absolute atomic E-state index is 0.561. The predicted octanol–water partition coefficient (Wildman–Crippen LogP) is 2.03. The van der Waals surface area contributed by atoms with Crippen molar-refractivity contribution < 1.29 is 4.42 Å². The van der Waals surface area contributed by atoms with Crippen LogP contribution in [0.2, 0.25) is 0 Å². The summed E-state index contributed by atoms with van der Waals surface area (Å²) in [4.78, 5) is 6.54. The van der Waals surface area contributed by atoms with E-state index in [1.54, 1.807) is 12.5 Å². The van der Waals surface area contributed by atoms with Gasteiger partial charge in [-0.1, -0.05) is 0 Å². The second-order valence-electron chi connectivity index (χ2n) is 4.30. The van der Waals surface area contributed by atoms with Crippen molar-refractivity contribution in [3.05, 3.63) is 36.4 Å². The number of nitrogens with zero attached hydrogens (tertiary/aromatic N) is 2. The first-order chi connectivity index (χ1) is 8.16. The lowest BCUT2D eigenvalue weighted by molar-refractivity contribution is 0.412. The monoisotopic (exact) mass is 231 g/mol. The van der Waals surface area contributed by atoms with Crippen LogP contribution in [0.5, 0.6) is 0 Å². The zero-order valence-corrected chi connectivity index (χ0v) is 10.2. The van der Waals surface area contributed by atoms with Gasteiger partial charge in [-0.25, -0.2) is 4.98 Å². The smallest absolute Gasteiger partial charge is 0.123 e. The molecule has 2 aromatic rings. The molecule has 2 rings (SSSR count). The fourth-order valence-electron chi connectivity index (χ4n) is 1.72. The third kappa shape index (κ3) is 2.85. The van der Waals surface area contributed by atoms with Gasteiger partial charge in [-0.05, 0) is 32.3 Å². The summed E-state index contributed by atoms with van der Waals surface area (Å²) in [5.41, 5.74) is 8.89. The molecule has 2 N–H and O–H groups in total. The first kappa shape index (κ1) is 11.7. The highest BCUT2D eigenvalue weighted by Crippen LogP contribution is 2.24. The summed E-state index contributed by atoms with van der Waals surface area (Å²) < 4.78 is 5.11. The first-order valence-electron chi connectivity index (χ1n) is 5.59. The van der Waals surface area contributed by atoms with Crippen LogP contribution in [0.1, 0.15) is 5.69 Å². The summed E-state index contributed by atoms with van der Waals surface area (Å²) in [6.45, 7) is 0.946. The molecule has 0 aliphatic carbocycles. The third-order valence-electron chi connectivity index (χ3n) is 2.62. The van der Waals surface area contributed by atoms with Crippen molar-refractivity contribution in [2.24, 2.45) is 0 Å². The van der Waals surface area contributed by atoms with Crippen molar-refractivity contribution in [1.82, 2.24) is 9.88 Å². The minimum atomic E-state index is 0.561. The average molecular weight is 231 g/mol. The van der Waals surface area contributed by atoms with E-state index in [2.05, 4.69) is 9.88 Å². The minimum Gasteiger partial charge on any atom is -0.472 e. The van der Waals surface area contributed by atoms with Gasteiger partial charge in [-0.3, -0.25) is 0 Å². The summed E-state index contributed by atoms with van der Waals surface area (Å²) in [6, 6.07) is 5.76. The molecule has 0 bridgehead atoms. The van der Waals surface area contributed by atoms with Crippen molar-refractivity contribution in [1.29, 1.82) is 0 Å². The molecule has 90 valence electrons. The molecule has 0 radical (unpaired) electrons. The lowest BCUT2D eigenvalue weighted by Gasteiger charge is -2.12. The number of pyridine rings is 1. The molecule has 17 heavy (non-hydrogen) atoms. The van der Waals surface area contributed by atoms with Gasteiger partial charge in [0.1, 0.15) is 5.82 Å². The Balaban J connectivity index is 2.31. The maximum absolute atomic E-state index is 5.74. The van der Waals surface area contributed by atoms with Crippen molar-refractivity contribution in [2.75, 3.05) is 26.4 Å². The maximum atomic E-state index is 5.74. The largest absolute Gasteiger partial charge is 0.472 e. The second kappa shape index (κ2) is 5.01. The highest BCUT2D eigenvalue weighted by Gasteiger charge is 2.08. The van der Waals surface area contributed by atoms with E-state index in [0.29, 0.717) is 5.82 Å².